The third-order valence-electron chi connectivity index (χ3n) is 4.46. The van der Waals surface area contributed by atoms with E-state index in [0.29, 0.717) is 17.3 Å². The second-order valence-electron chi connectivity index (χ2n) is 6.60. The van der Waals surface area contributed by atoms with Gasteiger partial charge in [-0.2, -0.15) is 0 Å². The fourth-order valence-electron chi connectivity index (χ4n) is 2.77. The summed E-state index contributed by atoms with van der Waals surface area (Å²) >= 11 is 7.63. The van der Waals surface area contributed by atoms with E-state index in [1.54, 1.807) is 25.1 Å². The number of hydrogen-bond acceptors (Lipinski definition) is 5. The van der Waals surface area contributed by atoms with Gasteiger partial charge in [-0.05, 0) is 31.0 Å². The summed E-state index contributed by atoms with van der Waals surface area (Å²) in [6.07, 6.45) is 0. The highest BCUT2D eigenvalue weighted by Crippen LogP contribution is 2.21. The topological polar surface area (TPSA) is 92.6 Å². The number of halogens is 1. The van der Waals surface area contributed by atoms with Crippen LogP contribution < -0.4 is 5.32 Å². The van der Waals surface area contributed by atoms with E-state index in [2.05, 4.69) is 5.32 Å². The fourth-order valence-corrected chi connectivity index (χ4v) is 3.83. The molecule has 0 spiro atoms. The number of nitro benzene ring substituents is 1. The van der Waals surface area contributed by atoms with Gasteiger partial charge in [0.1, 0.15) is 6.04 Å². The van der Waals surface area contributed by atoms with Crippen LogP contribution >= 0.6 is 23.4 Å². The van der Waals surface area contributed by atoms with Crippen molar-refractivity contribution in [1.82, 2.24) is 10.2 Å². The molecule has 2 rings (SSSR count). The number of nitrogens with zero attached hydrogens (tertiary/aromatic N) is 2. The normalized spacial score (nSPS) is 11.6. The predicted octanol–water partition coefficient (Wildman–Crippen LogP) is 4.03. The molecule has 0 aliphatic heterocycles. The van der Waals surface area contributed by atoms with Crippen molar-refractivity contribution in [2.75, 3.05) is 12.3 Å². The maximum atomic E-state index is 12.9. The Morgan fingerprint density at radius 1 is 1.20 bits per heavy atom. The van der Waals surface area contributed by atoms with Crippen LogP contribution in [-0.4, -0.2) is 40.0 Å². The number of nitrogens with one attached hydrogen (secondary N) is 1. The number of benzene rings is 2. The van der Waals surface area contributed by atoms with Gasteiger partial charge in [0.2, 0.25) is 11.8 Å². The zero-order chi connectivity index (χ0) is 22.1. The molecule has 160 valence electrons. The minimum atomic E-state index is -0.645. The molecule has 30 heavy (non-hydrogen) atoms. The minimum absolute atomic E-state index is 0.0292. The second-order valence-corrected chi connectivity index (χ2v) is 7.99. The number of carbonyl (C=O) groups is 2. The molecule has 2 amide bonds. The van der Waals surface area contributed by atoms with Crippen LogP contribution in [0.15, 0.2) is 48.5 Å². The van der Waals surface area contributed by atoms with Gasteiger partial charge in [-0.3, -0.25) is 19.7 Å². The van der Waals surface area contributed by atoms with E-state index in [-0.39, 0.29) is 29.8 Å². The summed E-state index contributed by atoms with van der Waals surface area (Å²) in [7, 11) is 0. The van der Waals surface area contributed by atoms with Gasteiger partial charge in [-0.15, -0.1) is 11.8 Å². The summed E-state index contributed by atoms with van der Waals surface area (Å²) in [6, 6.07) is 12.8. The number of non-ortho nitro benzene ring substituents is 1. The molecule has 0 fully saturated rings. The molecule has 7 nitrogen and oxygen atoms in total. The molecule has 0 aliphatic rings. The highest BCUT2D eigenvalue weighted by molar-refractivity contribution is 7.99. The first-order valence-electron chi connectivity index (χ1n) is 9.45. The van der Waals surface area contributed by atoms with Crippen molar-refractivity contribution in [3.8, 4) is 0 Å². The Labute approximate surface area is 184 Å². The molecule has 9 heteroatoms. The number of likely N-dealkylation sites (N-methyl/N-ethyl adjacent to an activating group) is 1. The lowest BCUT2D eigenvalue weighted by atomic mass is 10.1. The third-order valence-corrected chi connectivity index (χ3v) is 5.82. The van der Waals surface area contributed by atoms with Crippen molar-refractivity contribution in [1.29, 1.82) is 0 Å². The first-order chi connectivity index (χ1) is 14.3. The monoisotopic (exact) mass is 449 g/mol. The number of carbonyl (C=O) groups excluding carboxylic acids is 2. The lowest BCUT2D eigenvalue weighted by Gasteiger charge is -2.29. The summed E-state index contributed by atoms with van der Waals surface area (Å²) in [5, 5.41) is 14.0. The zero-order valence-corrected chi connectivity index (χ0v) is 18.4. The van der Waals surface area contributed by atoms with E-state index in [9.17, 15) is 19.7 Å². The maximum absolute atomic E-state index is 12.9. The zero-order valence-electron chi connectivity index (χ0n) is 16.8. The van der Waals surface area contributed by atoms with Crippen molar-refractivity contribution < 1.29 is 14.5 Å². The Morgan fingerprint density at radius 3 is 2.47 bits per heavy atom. The van der Waals surface area contributed by atoms with Gasteiger partial charge < -0.3 is 10.2 Å². The summed E-state index contributed by atoms with van der Waals surface area (Å²) in [5.74, 6) is 0.295. The average Bonchev–Trinajstić information content (AvgIpc) is 2.73. The Hall–Kier alpha value is -2.58. The Bertz CT molecular complexity index is 892. The Kier molecular flexibility index (Phi) is 9.14. The van der Waals surface area contributed by atoms with Crippen LogP contribution in [-0.2, 0) is 21.9 Å². The van der Waals surface area contributed by atoms with Crippen molar-refractivity contribution in [2.24, 2.45) is 0 Å². The second kappa shape index (κ2) is 11.6. The standard InChI is InChI=1S/C21H24ClN3O4S/c1-3-23-21(27)15(2)24(12-17-6-4-5-7-19(17)22)20(26)14-30-13-16-8-10-18(11-9-16)25(28)29/h4-11,15H,3,12-14H2,1-2H3,(H,23,27). The lowest BCUT2D eigenvalue weighted by Crippen LogP contribution is -2.48. The third kappa shape index (κ3) is 6.74. The van der Waals surface area contributed by atoms with Crippen molar-refractivity contribution in [3.05, 3.63) is 74.8 Å². The van der Waals surface area contributed by atoms with Crippen molar-refractivity contribution in [2.45, 2.75) is 32.2 Å². The lowest BCUT2D eigenvalue weighted by molar-refractivity contribution is -0.384. The molecule has 0 heterocycles. The number of nitro groups is 1. The number of thioether (sulfide) groups is 1. The SMILES string of the molecule is CCNC(=O)C(C)N(Cc1ccccc1Cl)C(=O)CSCc1ccc([N+](=O)[O-])cc1. The summed E-state index contributed by atoms with van der Waals surface area (Å²) in [4.78, 5) is 37.1. The largest absolute Gasteiger partial charge is 0.355 e. The van der Waals surface area contributed by atoms with E-state index < -0.39 is 11.0 Å². The van der Waals surface area contributed by atoms with E-state index in [4.69, 9.17) is 11.6 Å². The molecule has 0 aliphatic carbocycles. The van der Waals surface area contributed by atoms with E-state index in [1.807, 2.05) is 25.1 Å². The van der Waals surface area contributed by atoms with Crippen LogP contribution in [0, 0.1) is 10.1 Å². The van der Waals surface area contributed by atoms with Crippen molar-refractivity contribution >= 4 is 40.9 Å². The van der Waals surface area contributed by atoms with Gasteiger partial charge in [-0.1, -0.05) is 41.9 Å². The van der Waals surface area contributed by atoms with Gasteiger partial charge in [0.25, 0.3) is 5.69 Å². The van der Waals surface area contributed by atoms with Gasteiger partial charge in [-0.25, -0.2) is 0 Å². The van der Waals surface area contributed by atoms with Gasteiger partial charge >= 0.3 is 0 Å². The van der Waals surface area contributed by atoms with Crippen LogP contribution in [0.4, 0.5) is 5.69 Å². The highest BCUT2D eigenvalue weighted by atomic mass is 35.5. The van der Waals surface area contributed by atoms with Gasteiger partial charge in [0.15, 0.2) is 0 Å². The van der Waals surface area contributed by atoms with Gasteiger partial charge in [0.05, 0.1) is 10.7 Å². The molecule has 0 saturated carbocycles. The predicted molar refractivity (Wildman–Crippen MR) is 119 cm³/mol. The maximum Gasteiger partial charge on any atom is 0.269 e. The van der Waals surface area contributed by atoms with E-state index in [0.717, 1.165) is 11.1 Å². The summed E-state index contributed by atoms with van der Waals surface area (Å²) < 4.78 is 0. The van der Waals surface area contributed by atoms with Crippen LogP contribution in [0.3, 0.4) is 0 Å². The van der Waals surface area contributed by atoms with Crippen LogP contribution in [0.2, 0.25) is 5.02 Å². The van der Waals surface area contributed by atoms with Gasteiger partial charge in [0, 0.05) is 36.0 Å². The molecule has 1 unspecified atom stereocenters. The molecule has 0 bridgehead atoms. The molecule has 0 aromatic heterocycles. The molecular weight excluding hydrogens is 426 g/mol. The Morgan fingerprint density at radius 2 is 1.87 bits per heavy atom. The minimum Gasteiger partial charge on any atom is -0.355 e. The van der Waals surface area contributed by atoms with Crippen LogP contribution in [0.5, 0.6) is 0 Å². The van der Waals surface area contributed by atoms with Crippen LogP contribution in [0.1, 0.15) is 25.0 Å². The smallest absolute Gasteiger partial charge is 0.269 e. The molecule has 1 atom stereocenters. The molecule has 0 saturated heterocycles. The molecule has 2 aromatic rings. The first kappa shape index (κ1) is 23.7. The van der Waals surface area contributed by atoms with Crippen molar-refractivity contribution in [3.63, 3.8) is 0 Å². The Balaban J connectivity index is 2.04. The van der Waals surface area contributed by atoms with Crippen LogP contribution in [0.25, 0.3) is 0 Å². The van der Waals surface area contributed by atoms with E-state index >= 15 is 0 Å². The average molecular weight is 450 g/mol. The molecule has 0 radical (unpaired) electrons. The number of rotatable bonds is 10. The fraction of sp³-hybridized carbons (Fsp3) is 0.333. The number of amides is 2. The molecule has 1 N–H and O–H groups in total. The first-order valence-corrected chi connectivity index (χ1v) is 11.0. The quantitative estimate of drug-likeness (QED) is 0.436. The number of hydrogen-bond donors (Lipinski definition) is 1. The molecular formula is C21H24ClN3O4S. The van der Waals surface area contributed by atoms with E-state index in [1.165, 1.54) is 28.8 Å². The molecule has 2 aromatic carbocycles. The highest BCUT2D eigenvalue weighted by Gasteiger charge is 2.26. The summed E-state index contributed by atoms with van der Waals surface area (Å²) in [6.45, 7) is 4.23. The summed E-state index contributed by atoms with van der Waals surface area (Å²) in [5.41, 5.74) is 1.68.